The number of carbonyl (C=O) groups is 2. The zero-order valence-electron chi connectivity index (χ0n) is 13.0. The van der Waals surface area contributed by atoms with E-state index in [1.165, 1.54) is 12.1 Å². The lowest BCUT2D eigenvalue weighted by Crippen LogP contribution is -2.12. The van der Waals surface area contributed by atoms with Crippen LogP contribution in [0.2, 0.25) is 0 Å². The van der Waals surface area contributed by atoms with Gasteiger partial charge >= 0.3 is 5.97 Å². The van der Waals surface area contributed by atoms with Gasteiger partial charge in [0.25, 0.3) is 5.91 Å². The van der Waals surface area contributed by atoms with Gasteiger partial charge in [0.05, 0.1) is 11.1 Å². The van der Waals surface area contributed by atoms with Gasteiger partial charge in [0, 0.05) is 16.5 Å². The lowest BCUT2D eigenvalue weighted by Gasteiger charge is -2.06. The third kappa shape index (κ3) is 2.61. The fourth-order valence-corrected chi connectivity index (χ4v) is 2.85. The monoisotopic (exact) mass is 331 g/mol. The fourth-order valence-electron chi connectivity index (χ4n) is 2.85. The molecule has 0 bridgehead atoms. The number of rotatable bonds is 3. The minimum absolute atomic E-state index is 0.111. The molecule has 1 aromatic heterocycles. The van der Waals surface area contributed by atoms with E-state index < -0.39 is 5.97 Å². The van der Waals surface area contributed by atoms with E-state index in [9.17, 15) is 9.59 Å². The van der Waals surface area contributed by atoms with Crippen LogP contribution in [-0.2, 0) is 0 Å². The summed E-state index contributed by atoms with van der Waals surface area (Å²) in [6, 6.07) is 19.1. The summed E-state index contributed by atoms with van der Waals surface area (Å²) in [6.45, 7) is 0. The Balaban J connectivity index is 1.75. The molecule has 0 spiro atoms. The van der Waals surface area contributed by atoms with Crippen LogP contribution in [0.15, 0.2) is 71.1 Å². The number of fused-ring (bicyclic) bond motifs is 3. The number of benzene rings is 3. The van der Waals surface area contributed by atoms with Crippen LogP contribution >= 0.6 is 0 Å². The first-order chi connectivity index (χ1) is 12.1. The molecule has 1 amide bonds. The highest BCUT2D eigenvalue weighted by atomic mass is 16.4. The Morgan fingerprint density at radius 3 is 2.48 bits per heavy atom. The fraction of sp³-hybridized carbons (Fsp3) is 0. The molecular formula is C20H13NO4. The summed E-state index contributed by atoms with van der Waals surface area (Å²) in [6.07, 6.45) is 0. The van der Waals surface area contributed by atoms with Crippen LogP contribution in [0.5, 0.6) is 0 Å². The number of carboxylic acids is 1. The van der Waals surface area contributed by atoms with Gasteiger partial charge in [-0.3, -0.25) is 4.79 Å². The molecule has 0 aliphatic carbocycles. The van der Waals surface area contributed by atoms with Crippen molar-refractivity contribution in [2.75, 3.05) is 5.32 Å². The highest BCUT2D eigenvalue weighted by Gasteiger charge is 2.16. The normalized spacial score (nSPS) is 10.9. The molecule has 0 aliphatic rings. The molecule has 122 valence electrons. The van der Waals surface area contributed by atoms with Crippen LogP contribution in [-0.4, -0.2) is 17.0 Å². The summed E-state index contributed by atoms with van der Waals surface area (Å²) >= 11 is 0. The summed E-state index contributed by atoms with van der Waals surface area (Å²) in [5, 5.41) is 13.6. The average molecular weight is 331 g/mol. The quantitative estimate of drug-likeness (QED) is 0.578. The topological polar surface area (TPSA) is 79.5 Å². The molecule has 0 saturated carbocycles. The number of carboxylic acid groups (broad SMARTS) is 1. The molecule has 25 heavy (non-hydrogen) atoms. The lowest BCUT2D eigenvalue weighted by molar-refractivity contribution is 0.0696. The smallest absolute Gasteiger partial charge is 0.335 e. The van der Waals surface area contributed by atoms with Gasteiger partial charge in [-0.25, -0.2) is 4.79 Å². The number of hydrogen-bond donors (Lipinski definition) is 2. The van der Waals surface area contributed by atoms with Crippen LogP contribution in [0, 0.1) is 0 Å². The predicted octanol–water partition coefficient (Wildman–Crippen LogP) is 4.54. The highest BCUT2D eigenvalue weighted by Crippen LogP contribution is 2.31. The molecular weight excluding hydrogens is 318 g/mol. The van der Waals surface area contributed by atoms with Crippen LogP contribution < -0.4 is 5.32 Å². The molecule has 0 radical (unpaired) electrons. The Morgan fingerprint density at radius 1 is 0.880 bits per heavy atom. The lowest BCUT2D eigenvalue weighted by atomic mass is 10.1. The summed E-state index contributed by atoms with van der Waals surface area (Å²) < 4.78 is 5.85. The van der Waals surface area contributed by atoms with Gasteiger partial charge in [-0.2, -0.15) is 0 Å². The second-order valence-electron chi connectivity index (χ2n) is 5.62. The van der Waals surface area contributed by atoms with Gasteiger partial charge in [-0.15, -0.1) is 0 Å². The van der Waals surface area contributed by atoms with Gasteiger partial charge in [0.2, 0.25) is 0 Å². The maximum Gasteiger partial charge on any atom is 0.335 e. The minimum atomic E-state index is -1.05. The van der Waals surface area contributed by atoms with Crippen molar-refractivity contribution >= 4 is 39.5 Å². The molecule has 0 atom stereocenters. The molecule has 0 fully saturated rings. The largest absolute Gasteiger partial charge is 0.478 e. The molecule has 5 heteroatoms. The van der Waals surface area contributed by atoms with E-state index in [1.807, 2.05) is 30.3 Å². The second-order valence-corrected chi connectivity index (χ2v) is 5.62. The zero-order chi connectivity index (χ0) is 17.4. The molecule has 3 aromatic carbocycles. The summed E-state index contributed by atoms with van der Waals surface area (Å²) in [4.78, 5) is 23.7. The minimum Gasteiger partial charge on any atom is -0.478 e. The average Bonchev–Trinajstić information content (AvgIpc) is 3.00. The second kappa shape index (κ2) is 5.79. The van der Waals surface area contributed by atoms with Crippen LogP contribution in [0.3, 0.4) is 0 Å². The van der Waals surface area contributed by atoms with Crippen LogP contribution in [0.1, 0.15) is 20.7 Å². The van der Waals surface area contributed by atoms with Crippen molar-refractivity contribution < 1.29 is 19.1 Å². The molecule has 5 nitrogen and oxygen atoms in total. The third-order valence-corrected chi connectivity index (χ3v) is 4.02. The molecule has 4 aromatic rings. The van der Waals surface area contributed by atoms with E-state index in [2.05, 4.69) is 5.32 Å². The first-order valence-electron chi connectivity index (χ1n) is 7.68. The first-order valence-corrected chi connectivity index (χ1v) is 7.68. The number of furan rings is 1. The van der Waals surface area contributed by atoms with E-state index in [1.54, 1.807) is 24.3 Å². The zero-order valence-corrected chi connectivity index (χ0v) is 13.0. The molecule has 0 saturated heterocycles. The predicted molar refractivity (Wildman–Crippen MR) is 95.1 cm³/mol. The number of nitrogens with one attached hydrogen (secondary N) is 1. The van der Waals surface area contributed by atoms with E-state index in [4.69, 9.17) is 9.52 Å². The van der Waals surface area contributed by atoms with Gasteiger partial charge in [0.15, 0.2) is 0 Å². The molecule has 2 N–H and O–H groups in total. The first kappa shape index (κ1) is 15.0. The molecule has 1 heterocycles. The van der Waals surface area contributed by atoms with Crippen molar-refractivity contribution in [3.8, 4) is 0 Å². The van der Waals surface area contributed by atoms with E-state index in [0.717, 1.165) is 10.8 Å². The Hall–Kier alpha value is -3.60. The van der Waals surface area contributed by atoms with Crippen LogP contribution in [0.25, 0.3) is 21.9 Å². The van der Waals surface area contributed by atoms with Crippen molar-refractivity contribution in [2.24, 2.45) is 0 Å². The molecule has 0 unspecified atom stereocenters. The Morgan fingerprint density at radius 2 is 1.64 bits per heavy atom. The Bertz CT molecular complexity index is 1130. The number of hydrogen-bond acceptors (Lipinski definition) is 3. The third-order valence-electron chi connectivity index (χ3n) is 4.02. The van der Waals surface area contributed by atoms with Crippen molar-refractivity contribution in [3.05, 3.63) is 77.9 Å². The number of aromatic carboxylic acids is 1. The summed E-state index contributed by atoms with van der Waals surface area (Å²) in [5.41, 5.74) is 2.15. The Kier molecular flexibility index (Phi) is 3.47. The van der Waals surface area contributed by atoms with E-state index in [0.29, 0.717) is 22.4 Å². The number of carbonyl (C=O) groups excluding carboxylic acids is 1. The van der Waals surface area contributed by atoms with Crippen molar-refractivity contribution in [3.63, 3.8) is 0 Å². The van der Waals surface area contributed by atoms with Crippen molar-refractivity contribution in [1.29, 1.82) is 0 Å². The number of anilines is 1. The van der Waals surface area contributed by atoms with Crippen molar-refractivity contribution in [2.45, 2.75) is 0 Å². The molecule has 4 rings (SSSR count). The van der Waals surface area contributed by atoms with E-state index >= 15 is 0 Å². The number of amides is 1. The number of para-hydroxylation sites is 2. The maximum atomic E-state index is 12.7. The van der Waals surface area contributed by atoms with Crippen LogP contribution in [0.4, 0.5) is 5.69 Å². The SMILES string of the molecule is O=C(O)c1cccc(NC(=O)c2cccc3c2oc2ccccc23)c1. The van der Waals surface area contributed by atoms with Gasteiger partial charge in [-0.1, -0.05) is 36.4 Å². The van der Waals surface area contributed by atoms with Gasteiger partial charge in [0.1, 0.15) is 11.2 Å². The highest BCUT2D eigenvalue weighted by molar-refractivity contribution is 6.16. The summed E-state index contributed by atoms with van der Waals surface area (Å²) in [5.74, 6) is -1.40. The van der Waals surface area contributed by atoms with Crippen molar-refractivity contribution in [1.82, 2.24) is 0 Å². The van der Waals surface area contributed by atoms with E-state index in [-0.39, 0.29) is 11.5 Å². The molecule has 0 aliphatic heterocycles. The summed E-state index contributed by atoms with van der Waals surface area (Å²) in [7, 11) is 0. The van der Waals surface area contributed by atoms with Gasteiger partial charge < -0.3 is 14.8 Å². The maximum absolute atomic E-state index is 12.7. The standard InChI is InChI=1S/C20H13NO4/c22-19(21-13-6-3-5-12(11-13)20(23)24)16-9-4-8-15-14-7-1-2-10-17(14)25-18(15)16/h1-11H,(H,21,22)(H,23,24). The van der Waals surface area contributed by atoms with Gasteiger partial charge in [-0.05, 0) is 30.3 Å². The Labute approximate surface area is 142 Å².